The third-order valence-electron chi connectivity index (χ3n) is 5.36. The summed E-state index contributed by atoms with van der Waals surface area (Å²) in [5.41, 5.74) is 1.26. The van der Waals surface area contributed by atoms with E-state index in [1.807, 2.05) is 12.1 Å². The van der Waals surface area contributed by atoms with Crippen LogP contribution in [-0.4, -0.2) is 55.0 Å². The average Bonchev–Trinajstić information content (AvgIpc) is 2.67. The predicted molar refractivity (Wildman–Crippen MR) is 96.9 cm³/mol. The third-order valence-corrected chi connectivity index (χ3v) is 5.36. The number of rotatable bonds is 4. The molecule has 2 aromatic rings. The lowest BCUT2D eigenvalue weighted by Crippen LogP contribution is -3.14. The molecule has 138 valence electrons. The van der Waals surface area contributed by atoms with Gasteiger partial charge in [0.15, 0.2) is 0 Å². The number of pyridine rings is 1. The molecular formula is C19H24N3O4+. The van der Waals surface area contributed by atoms with E-state index in [9.17, 15) is 14.7 Å². The van der Waals surface area contributed by atoms with Crippen molar-refractivity contribution < 1.29 is 19.5 Å². The summed E-state index contributed by atoms with van der Waals surface area (Å²) in [5.74, 6) is -0.706. The summed E-state index contributed by atoms with van der Waals surface area (Å²) < 4.78 is 6.96. The number of aromatic hydroxyl groups is 1. The van der Waals surface area contributed by atoms with Gasteiger partial charge in [-0.05, 0) is 24.5 Å². The SMILES string of the molecule is O=C(NCC[NH+]1CCOCC1)c1c(O)c2cccc3c2n(c1=O)CCC3. The van der Waals surface area contributed by atoms with E-state index in [0.29, 0.717) is 18.5 Å². The van der Waals surface area contributed by atoms with E-state index in [-0.39, 0.29) is 11.3 Å². The smallest absolute Gasteiger partial charge is 0.267 e. The Hall–Kier alpha value is -2.38. The quantitative estimate of drug-likeness (QED) is 0.675. The summed E-state index contributed by atoms with van der Waals surface area (Å²) in [6.45, 7) is 5.14. The Bertz CT molecular complexity index is 900. The molecule has 26 heavy (non-hydrogen) atoms. The molecule has 1 saturated heterocycles. The predicted octanol–water partition coefficient (Wildman–Crippen LogP) is -0.702. The lowest BCUT2D eigenvalue weighted by atomic mass is 9.99. The summed E-state index contributed by atoms with van der Waals surface area (Å²) in [4.78, 5) is 26.8. The average molecular weight is 358 g/mol. The Morgan fingerprint density at radius 1 is 1.31 bits per heavy atom. The molecule has 0 spiro atoms. The van der Waals surface area contributed by atoms with Gasteiger partial charge in [-0.15, -0.1) is 0 Å². The zero-order valence-electron chi connectivity index (χ0n) is 14.7. The van der Waals surface area contributed by atoms with Crippen LogP contribution in [0.5, 0.6) is 5.75 Å². The minimum atomic E-state index is -0.498. The molecule has 4 rings (SSSR count). The van der Waals surface area contributed by atoms with Gasteiger partial charge in [-0.25, -0.2) is 0 Å². The highest BCUT2D eigenvalue weighted by Gasteiger charge is 2.25. The van der Waals surface area contributed by atoms with Crippen LogP contribution in [0.15, 0.2) is 23.0 Å². The van der Waals surface area contributed by atoms with E-state index in [0.717, 1.165) is 56.8 Å². The van der Waals surface area contributed by atoms with E-state index in [2.05, 4.69) is 5.32 Å². The Kier molecular flexibility index (Phi) is 4.65. The molecule has 1 aromatic heterocycles. The Morgan fingerprint density at radius 2 is 2.12 bits per heavy atom. The van der Waals surface area contributed by atoms with Crippen molar-refractivity contribution in [2.24, 2.45) is 0 Å². The number of amides is 1. The van der Waals surface area contributed by atoms with Crippen molar-refractivity contribution in [2.45, 2.75) is 19.4 Å². The van der Waals surface area contributed by atoms with Crippen molar-refractivity contribution >= 4 is 16.8 Å². The maximum absolute atomic E-state index is 12.8. The molecule has 2 aliphatic heterocycles. The number of quaternary nitrogens is 1. The van der Waals surface area contributed by atoms with E-state index in [4.69, 9.17) is 4.74 Å². The number of carbonyl (C=O) groups excluding carboxylic acids is 1. The van der Waals surface area contributed by atoms with E-state index >= 15 is 0 Å². The van der Waals surface area contributed by atoms with Gasteiger partial charge in [-0.2, -0.15) is 0 Å². The van der Waals surface area contributed by atoms with Crippen LogP contribution < -0.4 is 15.8 Å². The molecule has 1 amide bonds. The Labute approximate surface area is 151 Å². The van der Waals surface area contributed by atoms with Crippen LogP contribution in [0.4, 0.5) is 0 Å². The molecule has 1 fully saturated rings. The fourth-order valence-electron chi connectivity index (χ4n) is 3.97. The fraction of sp³-hybridized carbons (Fsp3) is 0.474. The van der Waals surface area contributed by atoms with Crippen LogP contribution >= 0.6 is 0 Å². The molecule has 0 radical (unpaired) electrons. The molecule has 3 heterocycles. The Balaban J connectivity index is 1.60. The molecule has 7 nitrogen and oxygen atoms in total. The van der Waals surface area contributed by atoms with Gasteiger partial charge in [0.2, 0.25) is 0 Å². The molecule has 0 aliphatic carbocycles. The van der Waals surface area contributed by atoms with Gasteiger partial charge in [-0.3, -0.25) is 9.59 Å². The molecule has 0 bridgehead atoms. The van der Waals surface area contributed by atoms with Crippen LogP contribution in [0.2, 0.25) is 0 Å². The van der Waals surface area contributed by atoms with Gasteiger partial charge in [0.1, 0.15) is 24.4 Å². The summed E-state index contributed by atoms with van der Waals surface area (Å²) >= 11 is 0. The van der Waals surface area contributed by atoms with Crippen LogP contribution in [-0.2, 0) is 17.7 Å². The highest BCUT2D eigenvalue weighted by atomic mass is 16.5. The molecule has 2 aliphatic rings. The summed E-state index contributed by atoms with van der Waals surface area (Å²) in [5, 5.41) is 14.0. The van der Waals surface area contributed by atoms with Crippen LogP contribution in [0.3, 0.4) is 0 Å². The van der Waals surface area contributed by atoms with Crippen molar-refractivity contribution in [3.63, 3.8) is 0 Å². The fourth-order valence-corrected chi connectivity index (χ4v) is 3.97. The number of nitrogens with one attached hydrogen (secondary N) is 2. The van der Waals surface area contributed by atoms with E-state index in [1.54, 1.807) is 10.6 Å². The zero-order valence-corrected chi connectivity index (χ0v) is 14.7. The maximum atomic E-state index is 12.8. The molecule has 0 saturated carbocycles. The second-order valence-corrected chi connectivity index (χ2v) is 6.97. The van der Waals surface area contributed by atoms with Crippen molar-refractivity contribution in [1.82, 2.24) is 9.88 Å². The first-order chi connectivity index (χ1) is 12.7. The monoisotopic (exact) mass is 358 g/mol. The van der Waals surface area contributed by atoms with Gasteiger partial charge >= 0.3 is 0 Å². The first-order valence-corrected chi connectivity index (χ1v) is 9.23. The maximum Gasteiger partial charge on any atom is 0.267 e. The van der Waals surface area contributed by atoms with Crippen molar-refractivity contribution in [3.8, 4) is 5.75 Å². The lowest BCUT2D eigenvalue weighted by molar-refractivity contribution is -0.906. The minimum absolute atomic E-state index is 0.145. The van der Waals surface area contributed by atoms with Gasteiger partial charge in [0, 0.05) is 11.9 Å². The molecule has 3 N–H and O–H groups in total. The zero-order chi connectivity index (χ0) is 18.1. The number of aromatic nitrogens is 1. The number of carbonyl (C=O) groups is 1. The summed E-state index contributed by atoms with van der Waals surface area (Å²) in [6.07, 6.45) is 1.74. The number of morpholine rings is 1. The van der Waals surface area contributed by atoms with Gasteiger partial charge in [0.25, 0.3) is 11.5 Å². The lowest BCUT2D eigenvalue weighted by Gasteiger charge is -2.24. The normalized spacial score (nSPS) is 17.4. The molecule has 1 aromatic carbocycles. The number of para-hydroxylation sites is 1. The number of hydrogen-bond acceptors (Lipinski definition) is 4. The van der Waals surface area contributed by atoms with E-state index in [1.165, 1.54) is 4.90 Å². The second-order valence-electron chi connectivity index (χ2n) is 6.97. The van der Waals surface area contributed by atoms with Crippen LogP contribution in [0.25, 0.3) is 10.9 Å². The van der Waals surface area contributed by atoms with E-state index < -0.39 is 11.5 Å². The third kappa shape index (κ3) is 2.97. The van der Waals surface area contributed by atoms with Crippen molar-refractivity contribution in [1.29, 1.82) is 0 Å². The second kappa shape index (κ2) is 7.09. The number of benzene rings is 1. The standard InChI is InChI=1S/C19H23N3O4/c23-17-14-5-1-3-13-4-2-7-22(16(13)14)19(25)15(17)18(24)20-6-8-21-9-11-26-12-10-21/h1,3,5,23H,2,4,6-12H2,(H,20,24)/p+1. The minimum Gasteiger partial charge on any atom is -0.506 e. The highest BCUT2D eigenvalue weighted by Crippen LogP contribution is 2.31. The number of nitrogens with zero attached hydrogens (tertiary/aromatic N) is 1. The molecular weight excluding hydrogens is 334 g/mol. The summed E-state index contributed by atoms with van der Waals surface area (Å²) in [7, 11) is 0. The summed E-state index contributed by atoms with van der Waals surface area (Å²) in [6, 6.07) is 5.60. The van der Waals surface area contributed by atoms with Crippen LogP contribution in [0, 0.1) is 0 Å². The number of aryl methyl sites for hydroxylation is 2. The van der Waals surface area contributed by atoms with Gasteiger partial charge in [-0.1, -0.05) is 12.1 Å². The first-order valence-electron chi connectivity index (χ1n) is 9.23. The van der Waals surface area contributed by atoms with Crippen molar-refractivity contribution in [2.75, 3.05) is 39.4 Å². The van der Waals surface area contributed by atoms with Gasteiger partial charge in [0.05, 0.1) is 31.8 Å². The van der Waals surface area contributed by atoms with Crippen molar-refractivity contribution in [3.05, 3.63) is 39.7 Å². The molecule has 7 heteroatoms. The Morgan fingerprint density at radius 3 is 2.92 bits per heavy atom. The molecule has 0 unspecified atom stereocenters. The van der Waals surface area contributed by atoms with Crippen LogP contribution in [0.1, 0.15) is 22.3 Å². The first kappa shape index (κ1) is 17.1. The van der Waals surface area contributed by atoms with Gasteiger partial charge < -0.3 is 24.6 Å². The molecule has 0 atom stereocenters. The number of ether oxygens (including phenoxy) is 1. The largest absolute Gasteiger partial charge is 0.506 e. The highest BCUT2D eigenvalue weighted by molar-refractivity contribution is 6.02. The number of hydrogen-bond donors (Lipinski definition) is 3. The topological polar surface area (TPSA) is 85.0 Å².